The van der Waals surface area contributed by atoms with Crippen molar-refractivity contribution in [2.75, 3.05) is 40.1 Å². The Morgan fingerprint density at radius 3 is 2.24 bits per heavy atom. The Bertz CT molecular complexity index is 473. The molecule has 5 nitrogen and oxygen atoms in total. The van der Waals surface area contributed by atoms with E-state index in [2.05, 4.69) is 10.3 Å². The van der Waals surface area contributed by atoms with E-state index in [1.165, 1.54) is 0 Å². The number of nitrogens with one attached hydrogen (secondary N) is 1. The molecule has 1 aromatic rings. The summed E-state index contributed by atoms with van der Waals surface area (Å²) in [6.45, 7) is 0.625. The molecule has 1 rings (SSSR count). The maximum Gasteiger partial charge on any atom is 0.224 e. The van der Waals surface area contributed by atoms with Crippen LogP contribution < -0.4 is 5.32 Å². The summed E-state index contributed by atoms with van der Waals surface area (Å²) in [5.41, 5.74) is 0.759. The summed E-state index contributed by atoms with van der Waals surface area (Å²) in [6, 6.07) is 7.08. The first-order valence-electron chi connectivity index (χ1n) is 6.84. The lowest BCUT2D eigenvalue weighted by molar-refractivity contribution is -0.116. The Morgan fingerprint density at radius 2 is 1.71 bits per heavy atom. The minimum Gasteiger partial charge on any atom is -0.349 e. The van der Waals surface area contributed by atoms with Gasteiger partial charge in [0, 0.05) is 51.9 Å². The molecule has 0 heterocycles. The standard InChI is InChI=1S/C15H23ClN4O/c1-19(2)15(20(3)4)17-11-5-6-14(21)18-13-9-7-12(16)8-10-13/h7-10H,5-6,11H2,1-4H3,(H,18,21). The Hall–Kier alpha value is -1.75. The van der Waals surface area contributed by atoms with Crippen molar-refractivity contribution >= 4 is 29.2 Å². The number of aliphatic imine (C=N–C) groups is 1. The summed E-state index contributed by atoms with van der Waals surface area (Å²) >= 11 is 5.80. The van der Waals surface area contributed by atoms with Crippen LogP contribution in [0.25, 0.3) is 0 Å². The van der Waals surface area contributed by atoms with Gasteiger partial charge in [-0.1, -0.05) is 11.6 Å². The van der Waals surface area contributed by atoms with Crippen molar-refractivity contribution in [3.63, 3.8) is 0 Å². The average Bonchev–Trinajstić information content (AvgIpc) is 2.40. The first-order chi connectivity index (χ1) is 9.90. The summed E-state index contributed by atoms with van der Waals surface area (Å²) in [5.74, 6) is 0.886. The van der Waals surface area contributed by atoms with Crippen LogP contribution in [0, 0.1) is 0 Å². The first-order valence-corrected chi connectivity index (χ1v) is 7.22. The van der Waals surface area contributed by atoms with Crippen molar-refractivity contribution < 1.29 is 4.79 Å². The van der Waals surface area contributed by atoms with E-state index in [0.717, 1.165) is 11.6 Å². The molecule has 0 aromatic heterocycles. The molecule has 0 atom stereocenters. The Labute approximate surface area is 131 Å². The predicted molar refractivity (Wildman–Crippen MR) is 89.0 cm³/mol. The number of benzene rings is 1. The van der Waals surface area contributed by atoms with Crippen LogP contribution in [0.2, 0.25) is 5.02 Å². The molecule has 6 heteroatoms. The quantitative estimate of drug-likeness (QED) is 0.516. The van der Waals surface area contributed by atoms with Crippen LogP contribution in [-0.4, -0.2) is 56.4 Å². The van der Waals surface area contributed by atoms with Crippen LogP contribution in [-0.2, 0) is 4.79 Å². The first kappa shape index (κ1) is 17.3. The van der Waals surface area contributed by atoms with Crippen LogP contribution in [0.15, 0.2) is 29.3 Å². The molecule has 0 fully saturated rings. The van der Waals surface area contributed by atoms with Crippen LogP contribution in [0.5, 0.6) is 0 Å². The van der Waals surface area contributed by atoms with E-state index in [1.807, 2.05) is 38.0 Å². The van der Waals surface area contributed by atoms with Crippen molar-refractivity contribution in [1.29, 1.82) is 0 Å². The van der Waals surface area contributed by atoms with E-state index in [9.17, 15) is 4.79 Å². The molecule has 0 aliphatic heterocycles. The molecule has 0 saturated carbocycles. The van der Waals surface area contributed by atoms with E-state index in [4.69, 9.17) is 11.6 Å². The topological polar surface area (TPSA) is 47.9 Å². The zero-order chi connectivity index (χ0) is 15.8. The molecule has 1 aromatic carbocycles. The third-order valence-electron chi connectivity index (χ3n) is 2.74. The van der Waals surface area contributed by atoms with Gasteiger partial charge in [-0.25, -0.2) is 0 Å². The van der Waals surface area contributed by atoms with Crippen molar-refractivity contribution in [1.82, 2.24) is 9.80 Å². The Kier molecular flexibility index (Phi) is 7.02. The number of halogens is 1. The van der Waals surface area contributed by atoms with E-state index < -0.39 is 0 Å². The van der Waals surface area contributed by atoms with E-state index in [0.29, 0.717) is 24.4 Å². The molecule has 0 bridgehead atoms. The minimum atomic E-state index is -0.0104. The summed E-state index contributed by atoms with van der Waals surface area (Å²) in [4.78, 5) is 20.2. The molecule has 116 valence electrons. The van der Waals surface area contributed by atoms with Crippen molar-refractivity contribution in [3.05, 3.63) is 29.3 Å². The number of carbonyl (C=O) groups is 1. The molecular weight excluding hydrogens is 288 g/mol. The Morgan fingerprint density at radius 1 is 1.14 bits per heavy atom. The largest absolute Gasteiger partial charge is 0.349 e. The fraction of sp³-hybridized carbons (Fsp3) is 0.467. The van der Waals surface area contributed by atoms with E-state index in [-0.39, 0.29) is 5.91 Å². The lowest BCUT2D eigenvalue weighted by Gasteiger charge is -2.22. The second kappa shape index (κ2) is 8.52. The molecule has 1 amide bonds. The van der Waals surface area contributed by atoms with Gasteiger partial charge in [0.15, 0.2) is 5.96 Å². The molecule has 21 heavy (non-hydrogen) atoms. The molecular formula is C15H23ClN4O. The fourth-order valence-corrected chi connectivity index (χ4v) is 1.98. The van der Waals surface area contributed by atoms with Crippen LogP contribution >= 0.6 is 11.6 Å². The van der Waals surface area contributed by atoms with Gasteiger partial charge in [-0.15, -0.1) is 0 Å². The highest BCUT2D eigenvalue weighted by atomic mass is 35.5. The monoisotopic (exact) mass is 310 g/mol. The van der Waals surface area contributed by atoms with Gasteiger partial charge < -0.3 is 15.1 Å². The fourth-order valence-electron chi connectivity index (χ4n) is 1.86. The second-order valence-corrected chi connectivity index (χ2v) is 5.57. The lowest BCUT2D eigenvalue weighted by Crippen LogP contribution is -2.35. The van der Waals surface area contributed by atoms with E-state index in [1.54, 1.807) is 24.3 Å². The van der Waals surface area contributed by atoms with Gasteiger partial charge in [-0.2, -0.15) is 0 Å². The van der Waals surface area contributed by atoms with Crippen molar-refractivity contribution in [2.45, 2.75) is 12.8 Å². The molecule has 1 N–H and O–H groups in total. The van der Waals surface area contributed by atoms with Gasteiger partial charge in [-0.3, -0.25) is 9.79 Å². The molecule has 0 unspecified atom stereocenters. The van der Waals surface area contributed by atoms with Gasteiger partial charge in [0.25, 0.3) is 0 Å². The highest BCUT2D eigenvalue weighted by molar-refractivity contribution is 6.30. The summed E-state index contributed by atoms with van der Waals surface area (Å²) in [7, 11) is 7.80. The average molecular weight is 311 g/mol. The van der Waals surface area contributed by atoms with Crippen molar-refractivity contribution in [2.24, 2.45) is 4.99 Å². The summed E-state index contributed by atoms with van der Waals surface area (Å²) in [6.07, 6.45) is 1.16. The number of hydrogen-bond acceptors (Lipinski definition) is 2. The molecule has 0 radical (unpaired) electrons. The molecule has 0 spiro atoms. The maximum absolute atomic E-state index is 11.8. The van der Waals surface area contributed by atoms with E-state index >= 15 is 0 Å². The second-order valence-electron chi connectivity index (χ2n) is 5.13. The Balaban J connectivity index is 2.36. The molecule has 0 aliphatic rings. The van der Waals surface area contributed by atoms with Gasteiger partial charge in [0.2, 0.25) is 5.91 Å². The highest BCUT2D eigenvalue weighted by Gasteiger charge is 2.05. The van der Waals surface area contributed by atoms with Crippen LogP contribution in [0.4, 0.5) is 5.69 Å². The lowest BCUT2D eigenvalue weighted by atomic mass is 10.2. The number of amides is 1. The van der Waals surface area contributed by atoms with Gasteiger partial charge in [0.1, 0.15) is 0 Å². The SMILES string of the molecule is CN(C)C(=NCCCC(=O)Nc1ccc(Cl)cc1)N(C)C. The van der Waals surface area contributed by atoms with Crippen LogP contribution in [0.1, 0.15) is 12.8 Å². The van der Waals surface area contributed by atoms with Gasteiger partial charge in [-0.05, 0) is 30.7 Å². The predicted octanol–water partition coefficient (Wildman–Crippen LogP) is 2.54. The third-order valence-corrected chi connectivity index (χ3v) is 3.00. The minimum absolute atomic E-state index is 0.0104. The molecule has 0 aliphatic carbocycles. The molecule has 0 saturated heterocycles. The van der Waals surface area contributed by atoms with Gasteiger partial charge >= 0.3 is 0 Å². The number of guanidine groups is 1. The zero-order valence-electron chi connectivity index (χ0n) is 13.1. The zero-order valence-corrected chi connectivity index (χ0v) is 13.8. The normalized spacial score (nSPS) is 9.95. The highest BCUT2D eigenvalue weighted by Crippen LogP contribution is 2.13. The number of rotatable bonds is 5. The summed E-state index contributed by atoms with van der Waals surface area (Å²) in [5, 5.41) is 3.49. The van der Waals surface area contributed by atoms with Crippen molar-refractivity contribution in [3.8, 4) is 0 Å². The number of nitrogens with zero attached hydrogens (tertiary/aromatic N) is 3. The number of hydrogen-bond donors (Lipinski definition) is 1. The summed E-state index contributed by atoms with van der Waals surface area (Å²) < 4.78 is 0. The number of anilines is 1. The maximum atomic E-state index is 11.8. The number of carbonyl (C=O) groups excluding carboxylic acids is 1. The smallest absolute Gasteiger partial charge is 0.224 e. The van der Waals surface area contributed by atoms with Crippen LogP contribution in [0.3, 0.4) is 0 Å². The third kappa shape index (κ3) is 6.49. The van der Waals surface area contributed by atoms with Gasteiger partial charge in [0.05, 0.1) is 0 Å².